The minimum absolute atomic E-state index is 0.0471. The van der Waals surface area contributed by atoms with Crippen LogP contribution in [0.15, 0.2) is 12.4 Å². The van der Waals surface area contributed by atoms with Gasteiger partial charge in [0.15, 0.2) is 0 Å². The molecule has 0 aliphatic carbocycles. The van der Waals surface area contributed by atoms with Gasteiger partial charge in [0.1, 0.15) is 5.82 Å². The second kappa shape index (κ2) is 7.50. The van der Waals surface area contributed by atoms with Crippen LogP contribution in [0.5, 0.6) is 0 Å². The molecular weight excluding hydrogens is 354 g/mol. The zero-order valence-corrected chi connectivity index (χ0v) is 17.0. The maximum absolute atomic E-state index is 5.69. The zero-order chi connectivity index (χ0) is 19.7. The Morgan fingerprint density at radius 2 is 1.82 bits per heavy atom. The molecule has 2 aliphatic rings. The zero-order valence-electron chi connectivity index (χ0n) is 17.0. The van der Waals surface area contributed by atoms with Gasteiger partial charge < -0.3 is 20.3 Å². The molecule has 0 amide bonds. The fourth-order valence-corrected chi connectivity index (χ4v) is 4.18. The van der Waals surface area contributed by atoms with Crippen LogP contribution in [0, 0.1) is 0 Å². The molecule has 0 atom stereocenters. The van der Waals surface area contributed by atoms with Crippen molar-refractivity contribution in [3.05, 3.63) is 18.0 Å². The highest BCUT2D eigenvalue weighted by atomic mass is 16.5. The summed E-state index contributed by atoms with van der Waals surface area (Å²) < 4.78 is 5.51. The molecule has 8 nitrogen and oxygen atoms in total. The molecule has 2 aromatic rings. The maximum Gasteiger partial charge on any atom is 0.228 e. The number of fused-ring (bicyclic) bond motifs is 1. The molecule has 0 aromatic carbocycles. The van der Waals surface area contributed by atoms with Crippen LogP contribution < -0.4 is 15.5 Å². The second-order valence-electron chi connectivity index (χ2n) is 8.07. The van der Waals surface area contributed by atoms with Crippen molar-refractivity contribution < 1.29 is 4.74 Å². The Morgan fingerprint density at radius 1 is 1.11 bits per heavy atom. The highest BCUT2D eigenvalue weighted by molar-refractivity contribution is 5.73. The SMILES string of the molecule is CCCC(C)(C)N1CCc2c(-c3cnc(N)nc3)nc(N3CCOCC3)nc21. The number of rotatable bonds is 5. The lowest BCUT2D eigenvalue weighted by Crippen LogP contribution is -2.43. The number of morpholine rings is 1. The van der Waals surface area contributed by atoms with Gasteiger partial charge in [-0.1, -0.05) is 13.3 Å². The first-order chi connectivity index (χ1) is 13.5. The predicted molar refractivity (Wildman–Crippen MR) is 111 cm³/mol. The molecule has 0 radical (unpaired) electrons. The van der Waals surface area contributed by atoms with Crippen molar-refractivity contribution in [2.75, 3.05) is 48.4 Å². The predicted octanol–water partition coefficient (Wildman–Crippen LogP) is 2.29. The van der Waals surface area contributed by atoms with Crippen molar-refractivity contribution in [3.63, 3.8) is 0 Å². The van der Waals surface area contributed by atoms with E-state index >= 15 is 0 Å². The van der Waals surface area contributed by atoms with E-state index in [1.54, 1.807) is 12.4 Å². The summed E-state index contributed by atoms with van der Waals surface area (Å²) in [7, 11) is 0. The third kappa shape index (κ3) is 3.48. The Balaban J connectivity index is 1.82. The van der Waals surface area contributed by atoms with E-state index in [1.165, 1.54) is 5.56 Å². The number of nitrogen functional groups attached to an aromatic ring is 1. The first-order valence-corrected chi connectivity index (χ1v) is 10.1. The van der Waals surface area contributed by atoms with E-state index in [9.17, 15) is 0 Å². The van der Waals surface area contributed by atoms with Crippen molar-refractivity contribution in [3.8, 4) is 11.3 Å². The van der Waals surface area contributed by atoms with Gasteiger partial charge in [0.25, 0.3) is 0 Å². The summed E-state index contributed by atoms with van der Waals surface area (Å²) >= 11 is 0. The van der Waals surface area contributed by atoms with Crippen molar-refractivity contribution in [1.29, 1.82) is 0 Å². The molecule has 0 bridgehead atoms. The quantitative estimate of drug-likeness (QED) is 0.841. The van der Waals surface area contributed by atoms with E-state index in [0.717, 1.165) is 61.9 Å². The fourth-order valence-electron chi connectivity index (χ4n) is 4.18. The second-order valence-corrected chi connectivity index (χ2v) is 8.07. The molecule has 8 heteroatoms. The molecule has 2 aromatic heterocycles. The van der Waals surface area contributed by atoms with Gasteiger partial charge in [-0.3, -0.25) is 0 Å². The molecule has 2 N–H and O–H groups in total. The van der Waals surface area contributed by atoms with E-state index in [4.69, 9.17) is 20.4 Å². The minimum Gasteiger partial charge on any atom is -0.378 e. The number of nitrogens with zero attached hydrogens (tertiary/aromatic N) is 6. The third-order valence-electron chi connectivity index (χ3n) is 5.65. The van der Waals surface area contributed by atoms with Gasteiger partial charge in [-0.05, 0) is 26.7 Å². The van der Waals surface area contributed by atoms with E-state index in [-0.39, 0.29) is 11.5 Å². The topological polar surface area (TPSA) is 93.3 Å². The van der Waals surface area contributed by atoms with Crippen LogP contribution in [-0.4, -0.2) is 58.3 Å². The minimum atomic E-state index is 0.0471. The van der Waals surface area contributed by atoms with Gasteiger partial charge in [-0.15, -0.1) is 0 Å². The number of ether oxygens (including phenoxy) is 1. The van der Waals surface area contributed by atoms with Crippen molar-refractivity contribution in [2.24, 2.45) is 0 Å². The fraction of sp³-hybridized carbons (Fsp3) is 0.600. The highest BCUT2D eigenvalue weighted by Crippen LogP contribution is 2.39. The van der Waals surface area contributed by atoms with Gasteiger partial charge in [-0.25, -0.2) is 15.0 Å². The summed E-state index contributed by atoms with van der Waals surface area (Å²) in [4.78, 5) is 23.0. The average molecular weight is 384 g/mol. The molecule has 4 heterocycles. The summed E-state index contributed by atoms with van der Waals surface area (Å²) in [5, 5.41) is 0. The molecule has 2 aliphatic heterocycles. The Hall–Kier alpha value is -2.48. The van der Waals surface area contributed by atoms with Crippen molar-refractivity contribution >= 4 is 17.7 Å². The smallest absolute Gasteiger partial charge is 0.228 e. The monoisotopic (exact) mass is 383 g/mol. The largest absolute Gasteiger partial charge is 0.378 e. The first kappa shape index (κ1) is 18.9. The third-order valence-corrected chi connectivity index (χ3v) is 5.65. The summed E-state index contributed by atoms with van der Waals surface area (Å²) in [6, 6.07) is 0. The summed E-state index contributed by atoms with van der Waals surface area (Å²) in [5.74, 6) is 2.07. The van der Waals surface area contributed by atoms with Gasteiger partial charge >= 0.3 is 0 Å². The standard InChI is InChI=1S/C20H29N7O/c1-4-6-20(2,3)27-7-5-15-16(14-12-22-18(21)23-13-14)24-19(25-17(15)27)26-8-10-28-11-9-26/h12-13H,4-11H2,1-3H3,(H2,21,22,23). The van der Waals surface area contributed by atoms with Crippen LogP contribution in [0.1, 0.15) is 39.2 Å². The number of hydrogen-bond acceptors (Lipinski definition) is 8. The van der Waals surface area contributed by atoms with Crippen molar-refractivity contribution in [1.82, 2.24) is 19.9 Å². The maximum atomic E-state index is 5.69. The molecule has 1 fully saturated rings. The summed E-state index contributed by atoms with van der Waals surface area (Å²) in [6.45, 7) is 10.8. The summed E-state index contributed by atoms with van der Waals surface area (Å²) in [5.41, 5.74) is 8.72. The van der Waals surface area contributed by atoms with E-state index in [1.807, 2.05) is 0 Å². The molecule has 1 saturated heterocycles. The van der Waals surface area contributed by atoms with Gasteiger partial charge in [0, 0.05) is 48.7 Å². The normalized spacial score (nSPS) is 17.1. The number of nitrogens with two attached hydrogens (primary N) is 1. The molecule has 0 saturated carbocycles. The lowest BCUT2D eigenvalue weighted by molar-refractivity contribution is 0.122. The van der Waals surface area contributed by atoms with Crippen molar-refractivity contribution in [2.45, 2.75) is 45.6 Å². The van der Waals surface area contributed by atoms with Crippen LogP contribution in [0.2, 0.25) is 0 Å². The lowest BCUT2D eigenvalue weighted by atomic mass is 9.97. The number of hydrogen-bond donors (Lipinski definition) is 1. The Labute approximate surface area is 166 Å². The Morgan fingerprint density at radius 3 is 2.50 bits per heavy atom. The molecular formula is C20H29N7O. The van der Waals surface area contributed by atoms with Crippen LogP contribution in [0.4, 0.5) is 17.7 Å². The van der Waals surface area contributed by atoms with Gasteiger partial charge in [-0.2, -0.15) is 4.98 Å². The molecule has 0 spiro atoms. The Kier molecular flexibility index (Phi) is 5.05. The first-order valence-electron chi connectivity index (χ1n) is 10.1. The van der Waals surface area contributed by atoms with Crippen LogP contribution in [-0.2, 0) is 11.2 Å². The number of anilines is 3. The molecule has 4 rings (SSSR count). The van der Waals surface area contributed by atoms with Crippen LogP contribution in [0.25, 0.3) is 11.3 Å². The lowest BCUT2D eigenvalue weighted by Gasteiger charge is -2.37. The molecule has 150 valence electrons. The van der Waals surface area contributed by atoms with Crippen LogP contribution >= 0.6 is 0 Å². The Bertz CT molecular complexity index is 831. The molecule has 28 heavy (non-hydrogen) atoms. The van der Waals surface area contributed by atoms with Gasteiger partial charge in [0.05, 0.1) is 18.9 Å². The summed E-state index contributed by atoms with van der Waals surface area (Å²) in [6.07, 6.45) is 6.69. The van der Waals surface area contributed by atoms with E-state index < -0.39 is 0 Å². The van der Waals surface area contributed by atoms with Crippen LogP contribution in [0.3, 0.4) is 0 Å². The highest BCUT2D eigenvalue weighted by Gasteiger charge is 2.35. The average Bonchev–Trinajstić information content (AvgIpc) is 3.13. The van der Waals surface area contributed by atoms with E-state index in [2.05, 4.69) is 40.5 Å². The molecule has 0 unspecified atom stereocenters. The van der Waals surface area contributed by atoms with E-state index in [0.29, 0.717) is 13.2 Å². The van der Waals surface area contributed by atoms with Gasteiger partial charge in [0.2, 0.25) is 11.9 Å². The number of aromatic nitrogens is 4.